The first-order valence-corrected chi connectivity index (χ1v) is 8.70. The smallest absolute Gasteiger partial charge is 0.241 e. The Bertz CT molecular complexity index is 713. The zero-order valence-electron chi connectivity index (χ0n) is 14.2. The van der Waals surface area contributed by atoms with Gasteiger partial charge in [0.05, 0.1) is 13.7 Å². The molecule has 1 aliphatic rings. The van der Waals surface area contributed by atoms with Gasteiger partial charge in [-0.1, -0.05) is 17.7 Å². The first kappa shape index (κ1) is 17.4. The first-order chi connectivity index (χ1) is 12.2. The number of carbonyl (C=O) groups is 1. The van der Waals surface area contributed by atoms with Gasteiger partial charge in [-0.05, 0) is 42.5 Å². The monoisotopic (exact) mass is 359 g/mol. The van der Waals surface area contributed by atoms with E-state index in [2.05, 4.69) is 22.3 Å². The molecular weight excluding hydrogens is 338 g/mol. The molecule has 0 spiro atoms. The topological polar surface area (TPSA) is 44.8 Å². The van der Waals surface area contributed by atoms with E-state index in [0.717, 1.165) is 43.3 Å². The predicted molar refractivity (Wildman–Crippen MR) is 102 cm³/mol. The summed E-state index contributed by atoms with van der Waals surface area (Å²) < 4.78 is 5.19. The second-order valence-electron chi connectivity index (χ2n) is 5.93. The predicted octanol–water partition coefficient (Wildman–Crippen LogP) is 3.11. The van der Waals surface area contributed by atoms with Crippen molar-refractivity contribution in [3.05, 3.63) is 53.6 Å². The van der Waals surface area contributed by atoms with Crippen molar-refractivity contribution in [2.75, 3.05) is 50.1 Å². The molecule has 0 unspecified atom stereocenters. The van der Waals surface area contributed by atoms with E-state index in [9.17, 15) is 4.79 Å². The van der Waals surface area contributed by atoms with E-state index in [1.54, 1.807) is 7.11 Å². The van der Waals surface area contributed by atoms with Crippen LogP contribution < -0.4 is 15.0 Å². The number of amides is 1. The number of rotatable bonds is 5. The van der Waals surface area contributed by atoms with Gasteiger partial charge in [-0.2, -0.15) is 0 Å². The van der Waals surface area contributed by atoms with Crippen LogP contribution in [0.1, 0.15) is 0 Å². The molecule has 0 bridgehead atoms. The van der Waals surface area contributed by atoms with Gasteiger partial charge in [-0.15, -0.1) is 0 Å². The van der Waals surface area contributed by atoms with Crippen LogP contribution in [0.4, 0.5) is 11.4 Å². The van der Waals surface area contributed by atoms with Gasteiger partial charge in [0, 0.05) is 42.6 Å². The average Bonchev–Trinajstić information content (AvgIpc) is 2.66. The second-order valence-corrected chi connectivity index (χ2v) is 6.37. The van der Waals surface area contributed by atoms with Gasteiger partial charge in [-0.3, -0.25) is 4.79 Å². The minimum Gasteiger partial charge on any atom is -0.497 e. The van der Waals surface area contributed by atoms with Gasteiger partial charge in [0.1, 0.15) is 5.75 Å². The molecule has 132 valence electrons. The van der Waals surface area contributed by atoms with Crippen LogP contribution in [0, 0.1) is 0 Å². The second kappa shape index (κ2) is 8.12. The third kappa shape index (κ3) is 4.57. The summed E-state index contributed by atoms with van der Waals surface area (Å²) in [6.07, 6.45) is 0. The summed E-state index contributed by atoms with van der Waals surface area (Å²) >= 11 is 5.95. The Labute approximate surface area is 153 Å². The van der Waals surface area contributed by atoms with Crippen LogP contribution in [-0.4, -0.2) is 50.6 Å². The molecule has 1 heterocycles. The fraction of sp³-hybridized carbons (Fsp3) is 0.316. The summed E-state index contributed by atoms with van der Waals surface area (Å²) in [6.45, 7) is 3.39. The maximum Gasteiger partial charge on any atom is 0.241 e. The number of hydrogen-bond acceptors (Lipinski definition) is 4. The van der Waals surface area contributed by atoms with E-state index < -0.39 is 0 Å². The van der Waals surface area contributed by atoms with Crippen LogP contribution >= 0.6 is 11.6 Å². The van der Waals surface area contributed by atoms with Crippen LogP contribution in [-0.2, 0) is 4.79 Å². The Morgan fingerprint density at radius 3 is 2.48 bits per heavy atom. The highest BCUT2D eigenvalue weighted by Crippen LogP contribution is 2.20. The van der Waals surface area contributed by atoms with Gasteiger partial charge in [0.2, 0.25) is 5.91 Å². The fourth-order valence-corrected chi connectivity index (χ4v) is 3.09. The van der Waals surface area contributed by atoms with E-state index in [-0.39, 0.29) is 12.5 Å². The highest BCUT2D eigenvalue weighted by molar-refractivity contribution is 6.30. The number of halogens is 1. The minimum atomic E-state index is 0.106. The zero-order chi connectivity index (χ0) is 17.6. The summed E-state index contributed by atoms with van der Waals surface area (Å²) in [5, 5.41) is 3.79. The number of anilines is 2. The summed E-state index contributed by atoms with van der Waals surface area (Å²) in [5.74, 6) is 0.957. The summed E-state index contributed by atoms with van der Waals surface area (Å²) in [7, 11) is 1.66. The highest BCUT2D eigenvalue weighted by atomic mass is 35.5. The molecule has 25 heavy (non-hydrogen) atoms. The molecule has 1 saturated heterocycles. The normalized spacial score (nSPS) is 14.3. The maximum absolute atomic E-state index is 12.4. The molecule has 1 fully saturated rings. The Morgan fingerprint density at radius 1 is 1.12 bits per heavy atom. The van der Waals surface area contributed by atoms with E-state index in [4.69, 9.17) is 16.3 Å². The van der Waals surface area contributed by atoms with Crippen molar-refractivity contribution in [3.63, 3.8) is 0 Å². The molecule has 1 N–H and O–H groups in total. The van der Waals surface area contributed by atoms with Gasteiger partial charge in [0.15, 0.2) is 0 Å². The molecule has 1 aliphatic heterocycles. The van der Waals surface area contributed by atoms with Crippen molar-refractivity contribution in [3.8, 4) is 5.75 Å². The first-order valence-electron chi connectivity index (χ1n) is 8.32. The van der Waals surface area contributed by atoms with Crippen LogP contribution in [0.25, 0.3) is 0 Å². The summed E-state index contributed by atoms with van der Waals surface area (Å²) in [5.41, 5.74) is 2.02. The van der Waals surface area contributed by atoms with Crippen molar-refractivity contribution in [2.45, 2.75) is 0 Å². The Kier molecular flexibility index (Phi) is 5.66. The number of carbonyl (C=O) groups excluding carboxylic acids is 1. The Morgan fingerprint density at radius 2 is 1.84 bits per heavy atom. The summed E-state index contributed by atoms with van der Waals surface area (Å²) in [4.78, 5) is 16.6. The quantitative estimate of drug-likeness (QED) is 0.891. The number of hydrogen-bond donors (Lipinski definition) is 1. The number of piperazine rings is 1. The minimum absolute atomic E-state index is 0.106. The van der Waals surface area contributed by atoms with Gasteiger partial charge in [-0.25, -0.2) is 0 Å². The van der Waals surface area contributed by atoms with Crippen LogP contribution in [0.2, 0.25) is 5.02 Å². The molecule has 2 aromatic carbocycles. The third-order valence-electron chi connectivity index (χ3n) is 4.34. The van der Waals surface area contributed by atoms with Gasteiger partial charge < -0.3 is 19.9 Å². The van der Waals surface area contributed by atoms with Gasteiger partial charge >= 0.3 is 0 Å². The molecule has 0 aromatic heterocycles. The lowest BCUT2D eigenvalue weighted by atomic mass is 10.2. The number of benzene rings is 2. The lowest BCUT2D eigenvalue weighted by molar-refractivity contribution is -0.129. The molecule has 0 saturated carbocycles. The Balaban J connectivity index is 1.48. The van der Waals surface area contributed by atoms with E-state index in [0.29, 0.717) is 5.02 Å². The van der Waals surface area contributed by atoms with E-state index >= 15 is 0 Å². The summed E-state index contributed by atoms with van der Waals surface area (Å²) in [6, 6.07) is 15.4. The van der Waals surface area contributed by atoms with Crippen LogP contribution in [0.3, 0.4) is 0 Å². The molecular formula is C19H22ClN3O2. The highest BCUT2D eigenvalue weighted by Gasteiger charge is 2.21. The van der Waals surface area contributed by atoms with Crippen molar-refractivity contribution in [1.82, 2.24) is 4.90 Å². The molecule has 2 aromatic rings. The number of nitrogens with zero attached hydrogens (tertiary/aromatic N) is 2. The van der Waals surface area contributed by atoms with Crippen LogP contribution in [0.5, 0.6) is 5.75 Å². The molecule has 0 aliphatic carbocycles. The molecule has 0 atom stereocenters. The molecule has 6 heteroatoms. The fourth-order valence-electron chi connectivity index (χ4n) is 2.90. The molecule has 1 amide bonds. The van der Waals surface area contributed by atoms with E-state index in [1.807, 2.05) is 41.3 Å². The van der Waals surface area contributed by atoms with Crippen molar-refractivity contribution in [2.24, 2.45) is 0 Å². The van der Waals surface area contributed by atoms with Crippen LogP contribution in [0.15, 0.2) is 48.5 Å². The van der Waals surface area contributed by atoms with Crippen molar-refractivity contribution < 1.29 is 9.53 Å². The van der Waals surface area contributed by atoms with Crippen molar-refractivity contribution >= 4 is 28.9 Å². The Hall–Kier alpha value is -2.40. The molecule has 0 radical (unpaired) electrons. The third-order valence-corrected chi connectivity index (χ3v) is 4.57. The largest absolute Gasteiger partial charge is 0.497 e. The van der Waals surface area contributed by atoms with Crippen molar-refractivity contribution in [1.29, 1.82) is 0 Å². The van der Waals surface area contributed by atoms with Gasteiger partial charge in [0.25, 0.3) is 0 Å². The molecule has 3 rings (SSSR count). The number of methoxy groups -OCH3 is 1. The number of nitrogens with one attached hydrogen (secondary N) is 1. The lowest BCUT2D eigenvalue weighted by Gasteiger charge is -2.36. The number of ether oxygens (including phenoxy) is 1. The zero-order valence-corrected chi connectivity index (χ0v) is 15.0. The van der Waals surface area contributed by atoms with E-state index in [1.165, 1.54) is 0 Å². The standard InChI is InChI=1S/C19H22ClN3O2/c1-25-18-7-5-17(6-8-18)22-9-11-23(12-10-22)19(24)14-21-16-4-2-3-15(20)13-16/h2-8,13,21H,9-12,14H2,1H3. The SMILES string of the molecule is COc1ccc(N2CCN(C(=O)CNc3cccc(Cl)c3)CC2)cc1. The maximum atomic E-state index is 12.4. The lowest BCUT2D eigenvalue weighted by Crippen LogP contribution is -2.50. The average molecular weight is 360 g/mol. The molecule has 5 nitrogen and oxygen atoms in total.